The van der Waals surface area contributed by atoms with Crippen molar-refractivity contribution in [2.45, 2.75) is 11.8 Å². The van der Waals surface area contributed by atoms with E-state index in [0.717, 1.165) is 15.5 Å². The predicted molar refractivity (Wildman–Crippen MR) is 52.5 cm³/mol. The van der Waals surface area contributed by atoms with Gasteiger partial charge in [-0.25, -0.2) is 0 Å². The fourth-order valence-corrected chi connectivity index (χ4v) is 1.78. The minimum absolute atomic E-state index is 0.489. The molecule has 62 valence electrons. The zero-order valence-electron chi connectivity index (χ0n) is 6.67. The molecule has 3 heteroatoms. The minimum atomic E-state index is 0.489. The van der Waals surface area contributed by atoms with Crippen LogP contribution in [0.25, 0.3) is 0 Å². The third-order valence-electron chi connectivity index (χ3n) is 1.43. The Morgan fingerprint density at radius 2 is 2.33 bits per heavy atom. The quantitative estimate of drug-likeness (QED) is 0.680. The Hall–Kier alpha value is -0.650. The number of hydrogen-bond acceptors (Lipinski definition) is 2. The molecule has 0 saturated carbocycles. The Bertz CT molecular complexity index is 317. The molecule has 0 aliphatic carbocycles. The summed E-state index contributed by atoms with van der Waals surface area (Å²) in [5.74, 6) is 0.489. The smallest absolute Gasteiger partial charge is 0.0855 e. The third-order valence-corrected chi connectivity index (χ3v) is 2.71. The molecule has 1 nitrogen and oxygen atoms in total. The summed E-state index contributed by atoms with van der Waals surface area (Å²) in [5.41, 5.74) is 1.13. The maximum absolute atomic E-state index is 8.38. The average Bonchev–Trinajstić information content (AvgIpc) is 2.03. The van der Waals surface area contributed by atoms with Gasteiger partial charge in [-0.15, -0.1) is 11.8 Å². The molecule has 1 aromatic rings. The van der Waals surface area contributed by atoms with Crippen molar-refractivity contribution in [3.05, 3.63) is 28.8 Å². The molecule has 0 aliphatic heterocycles. The van der Waals surface area contributed by atoms with Crippen LogP contribution in [0, 0.1) is 18.3 Å². The van der Waals surface area contributed by atoms with Crippen LogP contribution in [0.4, 0.5) is 0 Å². The van der Waals surface area contributed by atoms with Crippen LogP contribution >= 0.6 is 23.4 Å². The van der Waals surface area contributed by atoms with Crippen LogP contribution in [-0.4, -0.2) is 5.75 Å². The van der Waals surface area contributed by atoms with Crippen LogP contribution in [0.15, 0.2) is 23.1 Å². The zero-order chi connectivity index (χ0) is 8.97. The Balaban J connectivity index is 2.81. The van der Waals surface area contributed by atoms with Crippen LogP contribution < -0.4 is 0 Å². The summed E-state index contributed by atoms with van der Waals surface area (Å²) in [6, 6.07) is 7.78. The van der Waals surface area contributed by atoms with E-state index in [1.807, 2.05) is 25.1 Å². The number of rotatable bonds is 2. The molecule has 0 aromatic heterocycles. The summed E-state index contributed by atoms with van der Waals surface area (Å²) in [7, 11) is 0. The number of hydrogen-bond donors (Lipinski definition) is 0. The van der Waals surface area contributed by atoms with E-state index in [2.05, 4.69) is 6.07 Å². The number of thioether (sulfide) groups is 1. The molecule has 0 atom stereocenters. The maximum atomic E-state index is 8.38. The highest BCUT2D eigenvalue weighted by Gasteiger charge is 1.98. The van der Waals surface area contributed by atoms with E-state index in [9.17, 15) is 0 Å². The van der Waals surface area contributed by atoms with Crippen LogP contribution in [0.5, 0.6) is 0 Å². The summed E-state index contributed by atoms with van der Waals surface area (Å²) in [6.07, 6.45) is 0. The Morgan fingerprint density at radius 3 is 2.92 bits per heavy atom. The third kappa shape index (κ3) is 2.44. The summed E-state index contributed by atoms with van der Waals surface area (Å²) in [4.78, 5) is 1.13. The van der Waals surface area contributed by atoms with E-state index >= 15 is 0 Å². The van der Waals surface area contributed by atoms with Gasteiger partial charge in [0.15, 0.2) is 0 Å². The van der Waals surface area contributed by atoms with E-state index in [4.69, 9.17) is 16.9 Å². The van der Waals surface area contributed by atoms with Crippen molar-refractivity contribution in [3.8, 4) is 6.07 Å². The lowest BCUT2D eigenvalue weighted by Gasteiger charge is -2.01. The minimum Gasteiger partial charge on any atom is -0.197 e. The summed E-state index contributed by atoms with van der Waals surface area (Å²) >= 11 is 7.31. The highest BCUT2D eigenvalue weighted by atomic mass is 35.5. The molecule has 1 rings (SSSR count). The number of aryl methyl sites for hydroxylation is 1. The number of halogens is 1. The lowest BCUT2D eigenvalue weighted by atomic mass is 10.2. The molecule has 1 aromatic carbocycles. The maximum Gasteiger partial charge on any atom is 0.0855 e. The van der Waals surface area contributed by atoms with Gasteiger partial charge in [-0.3, -0.25) is 0 Å². The fourth-order valence-electron chi connectivity index (χ4n) is 0.885. The van der Waals surface area contributed by atoms with Gasteiger partial charge in [-0.1, -0.05) is 11.6 Å². The molecule has 0 radical (unpaired) electrons. The molecule has 0 spiro atoms. The van der Waals surface area contributed by atoms with Gasteiger partial charge in [0.05, 0.1) is 11.8 Å². The molecule has 12 heavy (non-hydrogen) atoms. The molecule has 0 unspecified atom stereocenters. The van der Waals surface area contributed by atoms with Crippen molar-refractivity contribution >= 4 is 23.4 Å². The van der Waals surface area contributed by atoms with Gasteiger partial charge in [0.25, 0.3) is 0 Å². The monoisotopic (exact) mass is 197 g/mol. The van der Waals surface area contributed by atoms with Crippen molar-refractivity contribution in [1.29, 1.82) is 5.26 Å². The Kier molecular flexibility index (Phi) is 3.46. The molecule has 0 heterocycles. The average molecular weight is 198 g/mol. The van der Waals surface area contributed by atoms with Crippen LogP contribution in [0.3, 0.4) is 0 Å². The van der Waals surface area contributed by atoms with Crippen LogP contribution in [0.2, 0.25) is 5.02 Å². The lowest BCUT2D eigenvalue weighted by Crippen LogP contribution is -1.80. The molecule has 0 aliphatic rings. The predicted octanol–water partition coefficient (Wildman–Crippen LogP) is 3.26. The standard InChI is InChI=1S/C9H8ClNS/c1-7-6-8(10)2-3-9(7)12-5-4-11/h2-3,6H,5H2,1H3. The van der Waals surface area contributed by atoms with Gasteiger partial charge in [0, 0.05) is 9.92 Å². The first-order valence-electron chi connectivity index (χ1n) is 3.50. The Labute approximate surface area is 81.3 Å². The molecular formula is C9H8ClNS. The van der Waals surface area contributed by atoms with Gasteiger partial charge in [0.1, 0.15) is 0 Å². The van der Waals surface area contributed by atoms with Crippen molar-refractivity contribution in [3.63, 3.8) is 0 Å². The van der Waals surface area contributed by atoms with Crippen molar-refractivity contribution in [2.24, 2.45) is 0 Å². The molecular weight excluding hydrogens is 190 g/mol. The lowest BCUT2D eigenvalue weighted by molar-refractivity contribution is 1.30. The first-order valence-corrected chi connectivity index (χ1v) is 4.86. The largest absolute Gasteiger partial charge is 0.197 e. The topological polar surface area (TPSA) is 23.8 Å². The normalized spacial score (nSPS) is 9.42. The molecule has 0 fully saturated rings. The SMILES string of the molecule is Cc1cc(Cl)ccc1SCC#N. The highest BCUT2D eigenvalue weighted by Crippen LogP contribution is 2.24. The zero-order valence-corrected chi connectivity index (χ0v) is 8.25. The molecule has 0 N–H and O–H groups in total. The van der Waals surface area contributed by atoms with Gasteiger partial charge in [0.2, 0.25) is 0 Å². The number of nitriles is 1. The van der Waals surface area contributed by atoms with E-state index < -0.39 is 0 Å². The van der Waals surface area contributed by atoms with E-state index in [1.165, 1.54) is 11.8 Å². The summed E-state index contributed by atoms with van der Waals surface area (Å²) in [6.45, 7) is 1.99. The first kappa shape index (κ1) is 9.44. The second-order valence-corrected chi connectivity index (χ2v) is 3.81. The number of nitrogens with zero attached hydrogens (tertiary/aromatic N) is 1. The van der Waals surface area contributed by atoms with E-state index in [0.29, 0.717) is 5.75 Å². The van der Waals surface area contributed by atoms with Crippen LogP contribution in [-0.2, 0) is 0 Å². The van der Waals surface area contributed by atoms with Gasteiger partial charge < -0.3 is 0 Å². The second kappa shape index (κ2) is 4.39. The second-order valence-electron chi connectivity index (χ2n) is 2.36. The number of benzene rings is 1. The first-order chi connectivity index (χ1) is 5.74. The Morgan fingerprint density at radius 1 is 1.58 bits per heavy atom. The van der Waals surface area contributed by atoms with E-state index in [-0.39, 0.29) is 0 Å². The molecule has 0 saturated heterocycles. The van der Waals surface area contributed by atoms with Crippen molar-refractivity contribution in [2.75, 3.05) is 5.75 Å². The summed E-state index contributed by atoms with van der Waals surface area (Å²) < 4.78 is 0. The van der Waals surface area contributed by atoms with Gasteiger partial charge >= 0.3 is 0 Å². The van der Waals surface area contributed by atoms with E-state index in [1.54, 1.807) is 0 Å². The van der Waals surface area contributed by atoms with Crippen LogP contribution in [0.1, 0.15) is 5.56 Å². The van der Waals surface area contributed by atoms with Gasteiger partial charge in [-0.05, 0) is 30.7 Å². The summed E-state index contributed by atoms with van der Waals surface area (Å²) in [5, 5.41) is 9.12. The van der Waals surface area contributed by atoms with Gasteiger partial charge in [-0.2, -0.15) is 5.26 Å². The van der Waals surface area contributed by atoms with Crippen molar-refractivity contribution in [1.82, 2.24) is 0 Å². The highest BCUT2D eigenvalue weighted by molar-refractivity contribution is 7.99. The molecule has 0 amide bonds. The van der Waals surface area contributed by atoms with Crippen molar-refractivity contribution < 1.29 is 0 Å². The molecule has 0 bridgehead atoms. The fraction of sp³-hybridized carbons (Fsp3) is 0.222.